The van der Waals surface area contributed by atoms with Crippen LogP contribution >= 0.6 is 0 Å². The molecule has 1 aliphatic rings. The Kier molecular flexibility index (Phi) is 7.23. The average molecular weight is 489 g/mol. The minimum atomic E-state index is -4.81. The van der Waals surface area contributed by atoms with E-state index >= 15 is 0 Å². The highest BCUT2D eigenvalue weighted by Gasteiger charge is 2.31. The van der Waals surface area contributed by atoms with Crippen LogP contribution in [0, 0.1) is 0 Å². The molecule has 0 unspecified atom stereocenters. The molecule has 1 aliphatic carbocycles. The lowest BCUT2D eigenvalue weighted by molar-refractivity contribution is -0.274. The number of aryl methyl sites for hydroxylation is 1. The maximum Gasteiger partial charge on any atom is 0.573 e. The normalized spacial score (nSPS) is 13.0. The molecule has 186 valence electrons. The summed E-state index contributed by atoms with van der Waals surface area (Å²) in [6.07, 6.45) is 4.14. The first kappa shape index (κ1) is 24.5. The van der Waals surface area contributed by atoms with Gasteiger partial charge in [0.25, 0.3) is 11.1 Å². The molecule has 2 aromatic heterocycles. The number of anilines is 2. The molecule has 35 heavy (non-hydrogen) atoms. The maximum atomic E-state index is 13.1. The van der Waals surface area contributed by atoms with Crippen molar-refractivity contribution in [3.05, 3.63) is 68.6 Å². The molecule has 0 aliphatic heterocycles. The Hall–Kier alpha value is -3.63. The van der Waals surface area contributed by atoms with E-state index in [9.17, 15) is 22.8 Å². The smallest absolute Gasteiger partial charge is 0.406 e. The van der Waals surface area contributed by atoms with E-state index in [-0.39, 0.29) is 22.5 Å². The van der Waals surface area contributed by atoms with Gasteiger partial charge in [-0.1, -0.05) is 26.2 Å². The summed E-state index contributed by atoms with van der Waals surface area (Å²) in [6.45, 7) is 2.67. The van der Waals surface area contributed by atoms with Crippen LogP contribution in [0.25, 0.3) is 5.69 Å². The van der Waals surface area contributed by atoms with Crippen molar-refractivity contribution in [1.82, 2.24) is 19.3 Å². The van der Waals surface area contributed by atoms with Gasteiger partial charge in [-0.3, -0.25) is 14.2 Å². The van der Waals surface area contributed by atoms with Crippen LogP contribution in [0.3, 0.4) is 0 Å². The van der Waals surface area contributed by atoms with Crippen LogP contribution in [-0.4, -0.2) is 25.7 Å². The fourth-order valence-corrected chi connectivity index (χ4v) is 4.17. The first-order valence-electron chi connectivity index (χ1n) is 11.6. The number of halogens is 3. The number of aromatic nitrogens is 4. The summed E-state index contributed by atoms with van der Waals surface area (Å²) >= 11 is 0. The van der Waals surface area contributed by atoms with Crippen molar-refractivity contribution in [1.29, 1.82) is 0 Å². The van der Waals surface area contributed by atoms with Crippen LogP contribution in [0.4, 0.5) is 24.7 Å². The van der Waals surface area contributed by atoms with Crippen molar-refractivity contribution in [2.24, 2.45) is 0 Å². The molecule has 0 bridgehead atoms. The molecule has 0 saturated heterocycles. The van der Waals surface area contributed by atoms with Gasteiger partial charge in [0.05, 0.1) is 18.2 Å². The van der Waals surface area contributed by atoms with Crippen LogP contribution < -0.4 is 21.2 Å². The summed E-state index contributed by atoms with van der Waals surface area (Å²) in [7, 11) is 0. The standard InChI is InChI=1S/C24H26F3N5O3/c1-2-3-4-5-13-31-15-28-14-20(23(31)34)29-21-18-7-6-8-19(18)22(33)32(30-21)16-9-11-17(12-10-16)35-24(25,26)27/h9-12,14-15H,2-8,13H2,1H3,(H,29,30). The molecule has 0 spiro atoms. The van der Waals surface area contributed by atoms with Crippen LogP contribution in [-0.2, 0) is 19.4 Å². The lowest BCUT2D eigenvalue weighted by atomic mass is 10.2. The van der Waals surface area contributed by atoms with E-state index < -0.39 is 12.1 Å². The molecule has 11 heteroatoms. The first-order chi connectivity index (χ1) is 16.8. The maximum absolute atomic E-state index is 13.1. The summed E-state index contributed by atoms with van der Waals surface area (Å²) in [6, 6.07) is 4.90. The number of hydrogen-bond acceptors (Lipinski definition) is 6. The first-order valence-corrected chi connectivity index (χ1v) is 11.6. The number of hydrogen-bond donors (Lipinski definition) is 1. The van der Waals surface area contributed by atoms with Gasteiger partial charge in [0.1, 0.15) is 11.4 Å². The topological polar surface area (TPSA) is 91.0 Å². The van der Waals surface area contributed by atoms with E-state index in [1.165, 1.54) is 24.7 Å². The highest BCUT2D eigenvalue weighted by Crippen LogP contribution is 2.28. The van der Waals surface area contributed by atoms with Crippen LogP contribution in [0.2, 0.25) is 0 Å². The number of unbranched alkanes of at least 4 members (excludes halogenated alkanes) is 3. The fraction of sp³-hybridized carbons (Fsp3) is 0.417. The van der Waals surface area contributed by atoms with Gasteiger partial charge >= 0.3 is 6.36 Å². The van der Waals surface area contributed by atoms with Crippen molar-refractivity contribution in [3.63, 3.8) is 0 Å². The Morgan fingerprint density at radius 3 is 2.49 bits per heavy atom. The largest absolute Gasteiger partial charge is 0.573 e. The Morgan fingerprint density at radius 1 is 1.03 bits per heavy atom. The number of alkyl halides is 3. The van der Waals surface area contributed by atoms with Crippen molar-refractivity contribution in [2.45, 2.75) is 64.8 Å². The van der Waals surface area contributed by atoms with Gasteiger partial charge in [-0.15, -0.1) is 18.3 Å². The second-order valence-electron chi connectivity index (χ2n) is 8.41. The SMILES string of the molecule is CCCCCCn1cncc(Nc2nn(-c3ccc(OC(F)(F)F)cc3)c(=O)c3c2CCC3)c1=O. The monoisotopic (exact) mass is 489 g/mol. The summed E-state index contributed by atoms with van der Waals surface area (Å²) < 4.78 is 44.0. The van der Waals surface area contributed by atoms with Crippen molar-refractivity contribution in [2.75, 3.05) is 5.32 Å². The molecule has 0 radical (unpaired) electrons. The summed E-state index contributed by atoms with van der Waals surface area (Å²) in [4.78, 5) is 30.2. The van der Waals surface area contributed by atoms with Crippen molar-refractivity contribution in [3.8, 4) is 11.4 Å². The van der Waals surface area contributed by atoms with Crippen LogP contribution in [0.15, 0.2) is 46.4 Å². The number of nitrogens with zero attached hydrogens (tertiary/aromatic N) is 4. The zero-order valence-electron chi connectivity index (χ0n) is 19.3. The second-order valence-corrected chi connectivity index (χ2v) is 8.41. The molecule has 3 aromatic rings. The molecule has 8 nitrogen and oxygen atoms in total. The molecule has 2 heterocycles. The van der Waals surface area contributed by atoms with E-state index in [1.54, 1.807) is 4.57 Å². The quantitative estimate of drug-likeness (QED) is 0.445. The Bertz CT molecular complexity index is 1300. The van der Waals surface area contributed by atoms with Gasteiger partial charge in [0.15, 0.2) is 5.82 Å². The summed E-state index contributed by atoms with van der Waals surface area (Å²) in [5.74, 6) is -0.0426. The number of rotatable bonds is 9. The van der Waals surface area contributed by atoms with Gasteiger partial charge in [0, 0.05) is 17.7 Å². The van der Waals surface area contributed by atoms with Crippen molar-refractivity contribution < 1.29 is 17.9 Å². The molecule has 1 N–H and O–H groups in total. The predicted molar refractivity (Wildman–Crippen MR) is 124 cm³/mol. The second kappa shape index (κ2) is 10.3. The number of nitrogens with one attached hydrogen (secondary N) is 1. The van der Waals surface area contributed by atoms with E-state index in [4.69, 9.17) is 0 Å². The molecule has 1 aromatic carbocycles. The van der Waals surface area contributed by atoms with Gasteiger partial charge in [-0.25, -0.2) is 4.98 Å². The fourth-order valence-electron chi connectivity index (χ4n) is 4.17. The number of fused-ring (bicyclic) bond motifs is 1. The van der Waals surface area contributed by atoms with Gasteiger partial charge in [0.2, 0.25) is 0 Å². The lowest BCUT2D eigenvalue weighted by Gasteiger charge is -2.15. The molecule has 0 fully saturated rings. The Morgan fingerprint density at radius 2 is 1.77 bits per heavy atom. The Balaban J connectivity index is 1.65. The van der Waals surface area contributed by atoms with Crippen LogP contribution in [0.1, 0.15) is 50.2 Å². The molecule has 0 amide bonds. The van der Waals surface area contributed by atoms with Gasteiger partial charge < -0.3 is 10.1 Å². The lowest BCUT2D eigenvalue weighted by Crippen LogP contribution is -2.28. The van der Waals surface area contributed by atoms with Crippen LogP contribution in [0.5, 0.6) is 5.75 Å². The minimum absolute atomic E-state index is 0.239. The predicted octanol–water partition coefficient (Wildman–Crippen LogP) is 4.50. The number of benzene rings is 1. The summed E-state index contributed by atoms with van der Waals surface area (Å²) in [5, 5.41) is 7.48. The van der Waals surface area contributed by atoms with Gasteiger partial charge in [-0.2, -0.15) is 4.68 Å². The highest BCUT2D eigenvalue weighted by atomic mass is 19.4. The third-order valence-electron chi connectivity index (χ3n) is 5.88. The third kappa shape index (κ3) is 5.72. The molecule has 4 rings (SSSR count). The van der Waals surface area contributed by atoms with E-state index in [1.807, 2.05) is 0 Å². The summed E-state index contributed by atoms with van der Waals surface area (Å²) in [5.41, 5.74) is 1.25. The van der Waals surface area contributed by atoms with E-state index in [2.05, 4.69) is 27.1 Å². The molecular weight excluding hydrogens is 463 g/mol. The highest BCUT2D eigenvalue weighted by molar-refractivity contribution is 5.60. The third-order valence-corrected chi connectivity index (χ3v) is 5.88. The zero-order valence-corrected chi connectivity index (χ0v) is 19.3. The Labute approximate surface area is 199 Å². The molecule has 0 atom stereocenters. The zero-order chi connectivity index (χ0) is 25.0. The molecule has 0 saturated carbocycles. The van der Waals surface area contributed by atoms with Gasteiger partial charge in [-0.05, 0) is 49.9 Å². The number of ether oxygens (including phenoxy) is 1. The van der Waals surface area contributed by atoms with E-state index in [0.29, 0.717) is 30.8 Å². The average Bonchev–Trinajstić information content (AvgIpc) is 3.31. The molecular formula is C24H26F3N5O3. The van der Waals surface area contributed by atoms with E-state index in [0.717, 1.165) is 54.5 Å². The minimum Gasteiger partial charge on any atom is -0.406 e. The van der Waals surface area contributed by atoms with Crippen molar-refractivity contribution >= 4 is 11.5 Å².